The summed E-state index contributed by atoms with van der Waals surface area (Å²) in [6.07, 6.45) is 6.98. The van der Waals surface area contributed by atoms with Crippen molar-refractivity contribution in [1.82, 2.24) is 24.7 Å². The highest BCUT2D eigenvalue weighted by Gasteiger charge is 2.14. The Hall–Kier alpha value is -2.54. The van der Waals surface area contributed by atoms with Crippen LogP contribution in [0, 0.1) is 6.92 Å². The molecule has 0 aliphatic rings. The molecule has 3 aromatic rings. The minimum absolute atomic E-state index is 0.388. The lowest BCUT2D eigenvalue weighted by Crippen LogP contribution is -2.07. The van der Waals surface area contributed by atoms with Gasteiger partial charge in [-0.3, -0.25) is 4.98 Å². The molecule has 0 radical (unpaired) electrons. The molecule has 0 fully saturated rings. The molecule has 7 nitrogen and oxygen atoms in total. The van der Waals surface area contributed by atoms with Crippen molar-refractivity contribution in [2.45, 2.75) is 13.5 Å². The fraction of sp³-hybridized carbons (Fsp3) is 0.231. The smallest absolute Gasteiger partial charge is 0.278 e. The van der Waals surface area contributed by atoms with Crippen molar-refractivity contribution < 1.29 is 4.52 Å². The van der Waals surface area contributed by atoms with E-state index in [9.17, 15) is 0 Å². The van der Waals surface area contributed by atoms with Crippen LogP contribution < -0.4 is 5.73 Å². The molecule has 3 aromatic heterocycles. The molecular formula is C13H14N6O. The Balaban J connectivity index is 1.91. The van der Waals surface area contributed by atoms with Crippen LogP contribution in [-0.4, -0.2) is 31.2 Å². The predicted octanol–water partition coefficient (Wildman–Crippen LogP) is 1.26. The Morgan fingerprint density at radius 3 is 3.10 bits per heavy atom. The minimum Gasteiger partial charge on any atom is -0.335 e. The molecule has 0 spiro atoms. The second kappa shape index (κ2) is 5.22. The van der Waals surface area contributed by atoms with Gasteiger partial charge in [-0.1, -0.05) is 5.16 Å². The molecule has 0 saturated carbocycles. The van der Waals surface area contributed by atoms with Crippen LogP contribution >= 0.6 is 0 Å². The summed E-state index contributed by atoms with van der Waals surface area (Å²) in [7, 11) is 0. The Morgan fingerprint density at radius 2 is 2.30 bits per heavy atom. The number of aromatic nitrogens is 5. The Kier molecular flexibility index (Phi) is 3.26. The maximum Gasteiger partial charge on any atom is 0.278 e. The van der Waals surface area contributed by atoms with Crippen LogP contribution in [0.5, 0.6) is 0 Å². The van der Waals surface area contributed by atoms with E-state index in [0.29, 0.717) is 30.5 Å². The largest absolute Gasteiger partial charge is 0.335 e. The number of hydrogen-bond donors (Lipinski definition) is 1. The molecule has 0 aromatic carbocycles. The van der Waals surface area contributed by atoms with Gasteiger partial charge < -0.3 is 14.8 Å². The van der Waals surface area contributed by atoms with E-state index in [-0.39, 0.29) is 0 Å². The third-order valence-corrected chi connectivity index (χ3v) is 2.95. The fourth-order valence-corrected chi connectivity index (χ4v) is 1.88. The lowest BCUT2D eigenvalue weighted by Gasteiger charge is -1.97. The highest BCUT2D eigenvalue weighted by molar-refractivity contribution is 5.60. The number of aryl methyl sites for hydroxylation is 1. The molecule has 0 aliphatic heterocycles. The number of nitrogens with zero attached hydrogens (tertiary/aromatic N) is 5. The molecule has 2 N–H and O–H groups in total. The number of hydrogen-bond acceptors (Lipinski definition) is 6. The summed E-state index contributed by atoms with van der Waals surface area (Å²) in [5.74, 6) is 0.901. The minimum atomic E-state index is 0.388. The Morgan fingerprint density at radius 1 is 1.40 bits per heavy atom. The summed E-state index contributed by atoms with van der Waals surface area (Å²) in [5.41, 5.74) is 8.03. The van der Waals surface area contributed by atoms with Crippen LogP contribution in [0.25, 0.3) is 23.0 Å². The van der Waals surface area contributed by atoms with Crippen LogP contribution in [0.15, 0.2) is 35.5 Å². The quantitative estimate of drug-likeness (QED) is 0.766. The summed E-state index contributed by atoms with van der Waals surface area (Å²) >= 11 is 0. The molecule has 0 aliphatic carbocycles. The summed E-state index contributed by atoms with van der Waals surface area (Å²) < 4.78 is 7.14. The third kappa shape index (κ3) is 2.30. The first-order valence-corrected chi connectivity index (χ1v) is 6.25. The van der Waals surface area contributed by atoms with Gasteiger partial charge >= 0.3 is 0 Å². The molecule has 0 bridgehead atoms. The summed E-state index contributed by atoms with van der Waals surface area (Å²) in [5, 5.41) is 3.98. The molecule has 0 saturated heterocycles. The first-order valence-electron chi connectivity index (χ1n) is 6.25. The van der Waals surface area contributed by atoms with Crippen LogP contribution in [0.2, 0.25) is 0 Å². The summed E-state index contributed by atoms with van der Waals surface area (Å²) in [6.45, 7) is 3.23. The average Bonchev–Trinajstić information content (AvgIpc) is 3.08. The van der Waals surface area contributed by atoms with Gasteiger partial charge in [-0.15, -0.1) is 0 Å². The SMILES string of the molecule is Cc1ccncc1-c1noc(-c2cn(CCN)cn2)n1. The van der Waals surface area contributed by atoms with Crippen LogP contribution in [-0.2, 0) is 6.54 Å². The van der Waals surface area contributed by atoms with Crippen molar-refractivity contribution in [2.75, 3.05) is 6.54 Å². The van der Waals surface area contributed by atoms with Crippen molar-refractivity contribution in [1.29, 1.82) is 0 Å². The van der Waals surface area contributed by atoms with Crippen molar-refractivity contribution in [3.8, 4) is 23.0 Å². The molecule has 20 heavy (non-hydrogen) atoms. The maximum atomic E-state index is 5.50. The summed E-state index contributed by atoms with van der Waals surface area (Å²) in [6, 6.07) is 1.90. The van der Waals surface area contributed by atoms with Gasteiger partial charge in [-0.05, 0) is 18.6 Å². The van der Waals surface area contributed by atoms with Crippen molar-refractivity contribution >= 4 is 0 Å². The van der Waals surface area contributed by atoms with Crippen LogP contribution in [0.4, 0.5) is 0 Å². The number of nitrogens with two attached hydrogens (primary N) is 1. The second-order valence-electron chi connectivity index (χ2n) is 4.40. The molecule has 0 amide bonds. The lowest BCUT2D eigenvalue weighted by molar-refractivity contribution is 0.431. The van der Waals surface area contributed by atoms with Gasteiger partial charge in [0.1, 0.15) is 5.69 Å². The maximum absolute atomic E-state index is 5.50. The first-order chi connectivity index (χ1) is 9.78. The van der Waals surface area contributed by atoms with E-state index in [4.69, 9.17) is 10.3 Å². The van der Waals surface area contributed by atoms with Gasteiger partial charge in [0.05, 0.1) is 6.33 Å². The molecular weight excluding hydrogens is 256 g/mol. The zero-order chi connectivity index (χ0) is 13.9. The average molecular weight is 270 g/mol. The fourth-order valence-electron chi connectivity index (χ4n) is 1.88. The Bertz CT molecular complexity index is 717. The van der Waals surface area contributed by atoms with Gasteiger partial charge in [0.2, 0.25) is 5.82 Å². The lowest BCUT2D eigenvalue weighted by atomic mass is 10.1. The van der Waals surface area contributed by atoms with E-state index in [1.165, 1.54) is 0 Å². The standard InChI is InChI=1S/C13H14N6O/c1-9-2-4-15-6-10(9)12-17-13(20-18-12)11-7-19(5-3-14)8-16-11/h2,4,6-8H,3,5,14H2,1H3. The number of imidazole rings is 1. The number of pyridine rings is 1. The van der Waals surface area contributed by atoms with Gasteiger partial charge in [0.25, 0.3) is 5.89 Å². The predicted molar refractivity (Wildman–Crippen MR) is 72.5 cm³/mol. The van der Waals surface area contributed by atoms with Gasteiger partial charge in [0.15, 0.2) is 0 Å². The monoisotopic (exact) mass is 270 g/mol. The third-order valence-electron chi connectivity index (χ3n) is 2.95. The van der Waals surface area contributed by atoms with Gasteiger partial charge in [-0.25, -0.2) is 4.98 Å². The summed E-state index contributed by atoms with van der Waals surface area (Å²) in [4.78, 5) is 12.7. The highest BCUT2D eigenvalue weighted by atomic mass is 16.5. The second-order valence-corrected chi connectivity index (χ2v) is 4.40. The molecule has 3 heterocycles. The first kappa shape index (κ1) is 12.5. The highest BCUT2D eigenvalue weighted by Crippen LogP contribution is 2.22. The normalized spacial score (nSPS) is 10.9. The molecule has 3 rings (SSSR count). The van der Waals surface area contributed by atoms with Gasteiger partial charge in [0, 0.05) is 37.2 Å². The van der Waals surface area contributed by atoms with E-state index >= 15 is 0 Å². The van der Waals surface area contributed by atoms with E-state index in [2.05, 4.69) is 20.1 Å². The van der Waals surface area contributed by atoms with Crippen molar-refractivity contribution in [2.24, 2.45) is 5.73 Å². The van der Waals surface area contributed by atoms with Crippen LogP contribution in [0.3, 0.4) is 0 Å². The van der Waals surface area contributed by atoms with Gasteiger partial charge in [-0.2, -0.15) is 4.98 Å². The van der Waals surface area contributed by atoms with Crippen molar-refractivity contribution in [3.63, 3.8) is 0 Å². The Labute approximate surface area is 115 Å². The molecule has 102 valence electrons. The van der Waals surface area contributed by atoms with E-state index in [1.807, 2.05) is 23.8 Å². The zero-order valence-corrected chi connectivity index (χ0v) is 11.0. The van der Waals surface area contributed by atoms with E-state index in [1.54, 1.807) is 18.7 Å². The zero-order valence-electron chi connectivity index (χ0n) is 11.0. The van der Waals surface area contributed by atoms with Crippen LogP contribution in [0.1, 0.15) is 5.56 Å². The molecule has 0 unspecified atom stereocenters. The topological polar surface area (TPSA) is 95.7 Å². The molecule has 0 atom stereocenters. The van der Waals surface area contributed by atoms with E-state index in [0.717, 1.165) is 11.1 Å². The van der Waals surface area contributed by atoms with E-state index < -0.39 is 0 Å². The molecule has 7 heteroatoms. The number of rotatable bonds is 4. The van der Waals surface area contributed by atoms with Crippen molar-refractivity contribution in [3.05, 3.63) is 36.5 Å².